The fraction of sp³-hybridized carbons (Fsp3) is 0.844. The van der Waals surface area contributed by atoms with Crippen LogP contribution in [0, 0.1) is 0 Å². The number of ether oxygens (including phenoxy) is 4. The highest BCUT2D eigenvalue weighted by atomic mass is 31.2. The number of allylic oxidation sites excluding steroid dienone is 8. The molecule has 0 saturated carbocycles. The lowest BCUT2D eigenvalue weighted by Gasteiger charge is -2.21. The number of unbranched alkanes of at least 4 members (excludes halogenated alkanes) is 40. The molecule has 17 nitrogen and oxygen atoms in total. The molecule has 0 radical (unpaired) electrons. The standard InChI is InChI=1S/C77H142O17P2/c1-5-9-13-17-21-25-29-33-35-39-42-46-50-54-58-62-75(80)88-68-73(94-77(82)64-60-56-52-48-44-40-36-34-30-26-22-18-14-10-6-2)70-92-96(85,86)90-66-71(78)65-89-95(83,84)91-69-72(93-76(81)63-59-55-51-47-43-38-32-28-24-20-16-12-8-4)67-87-74(79)61-57-53-49-45-41-37-31-27-23-19-15-11-7-3/h21,25,27-28,31-33,35,71-73,78H,5-20,22-24,26,29-30,34,36-70H2,1-4H3,(H,83,84)(H,85,86)/b25-21-,31-27-,32-28-,35-33-. The van der Waals surface area contributed by atoms with Gasteiger partial charge in [0, 0.05) is 25.7 Å². The van der Waals surface area contributed by atoms with Gasteiger partial charge in [-0.25, -0.2) is 9.13 Å². The van der Waals surface area contributed by atoms with E-state index in [1.807, 2.05) is 0 Å². The van der Waals surface area contributed by atoms with Crippen molar-refractivity contribution in [2.24, 2.45) is 0 Å². The summed E-state index contributed by atoms with van der Waals surface area (Å²) in [5, 5.41) is 10.6. The Morgan fingerprint density at radius 2 is 0.510 bits per heavy atom. The molecule has 0 aromatic carbocycles. The number of aliphatic hydroxyl groups is 1. The Balaban J connectivity index is 5.32. The number of aliphatic hydroxyl groups excluding tert-OH is 1. The van der Waals surface area contributed by atoms with Crippen LogP contribution in [0.15, 0.2) is 48.6 Å². The molecule has 0 bridgehead atoms. The van der Waals surface area contributed by atoms with Gasteiger partial charge in [-0.15, -0.1) is 0 Å². The minimum atomic E-state index is -4.97. The number of phosphoric ester groups is 2. The minimum absolute atomic E-state index is 0.0881. The topological polar surface area (TPSA) is 237 Å². The zero-order chi connectivity index (χ0) is 70.4. The van der Waals surface area contributed by atoms with E-state index < -0.39 is 97.5 Å². The second kappa shape index (κ2) is 70.5. The fourth-order valence-corrected chi connectivity index (χ4v) is 12.3. The number of phosphoric acid groups is 2. The molecule has 0 amide bonds. The number of carbonyl (C=O) groups excluding carboxylic acids is 4. The molecule has 0 heterocycles. The molecule has 5 unspecified atom stereocenters. The van der Waals surface area contributed by atoms with Crippen LogP contribution in [0.5, 0.6) is 0 Å². The molecule has 0 fully saturated rings. The monoisotopic (exact) mass is 1400 g/mol. The molecule has 96 heavy (non-hydrogen) atoms. The molecule has 0 aliphatic carbocycles. The number of rotatable bonds is 74. The van der Waals surface area contributed by atoms with E-state index in [0.717, 1.165) is 148 Å². The van der Waals surface area contributed by atoms with Gasteiger partial charge in [-0.1, -0.05) is 275 Å². The number of carbonyl (C=O) groups is 4. The van der Waals surface area contributed by atoms with Crippen LogP contribution in [0.4, 0.5) is 0 Å². The van der Waals surface area contributed by atoms with Gasteiger partial charge in [0.2, 0.25) is 0 Å². The van der Waals surface area contributed by atoms with Gasteiger partial charge in [-0.3, -0.25) is 37.3 Å². The summed E-state index contributed by atoms with van der Waals surface area (Å²) in [6.07, 6.45) is 66.6. The van der Waals surface area contributed by atoms with Crippen LogP contribution in [0.3, 0.4) is 0 Å². The van der Waals surface area contributed by atoms with E-state index in [9.17, 15) is 43.2 Å². The highest BCUT2D eigenvalue weighted by molar-refractivity contribution is 7.47. The van der Waals surface area contributed by atoms with Crippen LogP contribution in [-0.2, 0) is 65.4 Å². The molecule has 0 aliphatic rings. The second-order valence-electron chi connectivity index (χ2n) is 26.3. The van der Waals surface area contributed by atoms with Crippen LogP contribution in [0.1, 0.15) is 362 Å². The third-order valence-corrected chi connectivity index (χ3v) is 18.7. The smallest absolute Gasteiger partial charge is 0.462 e. The highest BCUT2D eigenvalue weighted by Crippen LogP contribution is 2.45. The van der Waals surface area contributed by atoms with E-state index in [1.54, 1.807) is 0 Å². The van der Waals surface area contributed by atoms with Gasteiger partial charge in [0.25, 0.3) is 0 Å². The van der Waals surface area contributed by atoms with Crippen LogP contribution >= 0.6 is 15.6 Å². The van der Waals surface area contributed by atoms with Crippen molar-refractivity contribution >= 4 is 39.5 Å². The fourth-order valence-electron chi connectivity index (χ4n) is 10.8. The van der Waals surface area contributed by atoms with E-state index in [2.05, 4.69) is 76.3 Å². The Hall–Kier alpha value is -2.98. The Labute approximate surface area is 585 Å². The predicted molar refractivity (Wildman–Crippen MR) is 390 cm³/mol. The van der Waals surface area contributed by atoms with Gasteiger partial charge in [0.15, 0.2) is 12.2 Å². The Kier molecular flexibility index (Phi) is 68.3. The normalized spacial score (nSPS) is 14.2. The van der Waals surface area contributed by atoms with Crippen molar-refractivity contribution in [1.82, 2.24) is 0 Å². The molecular formula is C77H142O17P2. The van der Waals surface area contributed by atoms with Crippen LogP contribution < -0.4 is 0 Å². The molecule has 3 N–H and O–H groups in total. The molecule has 0 spiro atoms. The lowest BCUT2D eigenvalue weighted by atomic mass is 10.0. The summed E-state index contributed by atoms with van der Waals surface area (Å²) in [7, 11) is -9.94. The van der Waals surface area contributed by atoms with Gasteiger partial charge in [0.05, 0.1) is 26.4 Å². The first kappa shape index (κ1) is 93.0. The number of hydrogen-bond donors (Lipinski definition) is 3. The molecule has 0 aromatic rings. The van der Waals surface area contributed by atoms with Gasteiger partial charge in [-0.05, 0) is 109 Å². The summed E-state index contributed by atoms with van der Waals surface area (Å²) in [5.74, 6) is -2.17. The quantitative estimate of drug-likeness (QED) is 0.0169. The van der Waals surface area contributed by atoms with Gasteiger partial charge in [-0.2, -0.15) is 0 Å². The van der Waals surface area contributed by atoms with Crippen molar-refractivity contribution in [2.75, 3.05) is 39.6 Å². The molecular weight excluding hydrogens is 1260 g/mol. The number of hydrogen-bond acceptors (Lipinski definition) is 15. The molecule has 0 aromatic heterocycles. The summed E-state index contributed by atoms with van der Waals surface area (Å²) in [6, 6.07) is 0. The van der Waals surface area contributed by atoms with E-state index in [-0.39, 0.29) is 25.7 Å². The molecule has 0 rings (SSSR count). The van der Waals surface area contributed by atoms with E-state index in [0.29, 0.717) is 25.7 Å². The van der Waals surface area contributed by atoms with Crippen molar-refractivity contribution in [3.05, 3.63) is 48.6 Å². The lowest BCUT2D eigenvalue weighted by molar-refractivity contribution is -0.161. The molecule has 562 valence electrons. The summed E-state index contributed by atoms with van der Waals surface area (Å²) >= 11 is 0. The highest BCUT2D eigenvalue weighted by Gasteiger charge is 2.30. The van der Waals surface area contributed by atoms with Gasteiger partial charge >= 0.3 is 39.5 Å². The Bertz CT molecular complexity index is 2010. The maximum atomic E-state index is 13.1. The first-order valence-corrected chi connectivity index (χ1v) is 41.9. The van der Waals surface area contributed by atoms with Crippen molar-refractivity contribution in [1.29, 1.82) is 0 Å². The second-order valence-corrected chi connectivity index (χ2v) is 29.2. The first-order valence-electron chi connectivity index (χ1n) is 38.9. The minimum Gasteiger partial charge on any atom is -0.462 e. The third kappa shape index (κ3) is 69.5. The summed E-state index contributed by atoms with van der Waals surface area (Å²) in [5.41, 5.74) is 0. The summed E-state index contributed by atoms with van der Waals surface area (Å²) in [4.78, 5) is 72.8. The van der Waals surface area contributed by atoms with Crippen LogP contribution in [0.2, 0.25) is 0 Å². The summed E-state index contributed by atoms with van der Waals surface area (Å²) < 4.78 is 68.5. The average Bonchev–Trinajstić information content (AvgIpc) is 1.36. The Morgan fingerprint density at radius 1 is 0.292 bits per heavy atom. The van der Waals surface area contributed by atoms with Gasteiger partial charge in [0.1, 0.15) is 19.3 Å². The van der Waals surface area contributed by atoms with E-state index in [1.165, 1.54) is 135 Å². The predicted octanol–water partition coefficient (Wildman–Crippen LogP) is 22.1. The Morgan fingerprint density at radius 3 is 0.812 bits per heavy atom. The van der Waals surface area contributed by atoms with Crippen LogP contribution in [-0.4, -0.2) is 96.7 Å². The van der Waals surface area contributed by atoms with Crippen molar-refractivity contribution in [3.63, 3.8) is 0 Å². The molecule has 19 heteroatoms. The van der Waals surface area contributed by atoms with E-state index >= 15 is 0 Å². The zero-order valence-electron chi connectivity index (χ0n) is 61.3. The molecule has 5 atom stereocenters. The van der Waals surface area contributed by atoms with Gasteiger partial charge < -0.3 is 33.8 Å². The molecule has 0 aliphatic heterocycles. The van der Waals surface area contributed by atoms with Crippen LogP contribution in [0.25, 0.3) is 0 Å². The zero-order valence-corrected chi connectivity index (χ0v) is 63.1. The SMILES string of the molecule is CCCCC/C=C\C/C=C\CCCCCCCC(=O)OCC(COP(=O)(O)OCC(O)COP(=O)(O)OCC(COC(=O)CCCCCCC/C=C\CCCCCC)OC(=O)CCCCCCC/C=C\CCCCCC)OC(=O)CCCCCCCCCCCCCCCCC. The largest absolute Gasteiger partial charge is 0.472 e. The van der Waals surface area contributed by atoms with Crippen molar-refractivity contribution in [2.45, 2.75) is 380 Å². The van der Waals surface area contributed by atoms with Crippen molar-refractivity contribution in [3.8, 4) is 0 Å². The lowest BCUT2D eigenvalue weighted by Crippen LogP contribution is -2.30. The molecule has 0 saturated heterocycles. The summed E-state index contributed by atoms with van der Waals surface area (Å²) in [6.45, 7) is 4.85. The van der Waals surface area contributed by atoms with E-state index in [4.69, 9.17) is 37.0 Å². The number of esters is 4. The first-order chi connectivity index (χ1) is 46.7. The average molecular weight is 1400 g/mol. The van der Waals surface area contributed by atoms with Crippen molar-refractivity contribution < 1.29 is 80.2 Å². The maximum absolute atomic E-state index is 13.1. The third-order valence-electron chi connectivity index (χ3n) is 16.8. The maximum Gasteiger partial charge on any atom is 0.472 e.